The van der Waals surface area contributed by atoms with Gasteiger partial charge in [0.1, 0.15) is 29.5 Å². The van der Waals surface area contributed by atoms with Gasteiger partial charge >= 0.3 is 0 Å². The molecule has 6 atom stereocenters. The highest BCUT2D eigenvalue weighted by Crippen LogP contribution is 2.52. The standard InChI is InChI=1S/C29H32O11/c1-4-13-8-19(39-12(2)24(13)32)40-17-10-29(37,18(31)11-30)9-15-21(17)28(36)23-22(26(15)34)25(33)14-6-5-7-16(38-3)20(14)27(23)35/h5-7,12-13,17,19,24,30,32,34,36-37H,4,8-11H2,1-3H3/t12-,13-,17-,19-,24+,29-/m0/s1. The molecule has 2 aromatic carbocycles. The molecule has 0 unspecified atom stereocenters. The van der Waals surface area contributed by atoms with E-state index in [-0.39, 0.29) is 40.3 Å². The van der Waals surface area contributed by atoms with Crippen LogP contribution in [0.4, 0.5) is 0 Å². The Balaban J connectivity index is 1.68. The summed E-state index contributed by atoms with van der Waals surface area (Å²) in [6.45, 7) is 2.59. The van der Waals surface area contributed by atoms with Crippen LogP contribution >= 0.6 is 0 Å². The number of aromatic hydroxyl groups is 2. The van der Waals surface area contributed by atoms with Gasteiger partial charge < -0.3 is 39.7 Å². The zero-order valence-electron chi connectivity index (χ0n) is 22.3. The molecule has 1 aliphatic heterocycles. The number of hydrogen-bond donors (Lipinski definition) is 5. The van der Waals surface area contributed by atoms with E-state index in [2.05, 4.69) is 0 Å². The second-order valence-corrected chi connectivity index (χ2v) is 10.7. The summed E-state index contributed by atoms with van der Waals surface area (Å²) in [7, 11) is 1.33. The van der Waals surface area contributed by atoms with Gasteiger partial charge in [0, 0.05) is 36.0 Å². The van der Waals surface area contributed by atoms with Crippen molar-refractivity contribution in [3.05, 3.63) is 51.6 Å². The maximum Gasteiger partial charge on any atom is 0.202 e. The van der Waals surface area contributed by atoms with E-state index in [0.29, 0.717) is 6.42 Å². The SMILES string of the molecule is CC[C@H]1C[C@H](O[C@H]2C[C@](O)(C(=O)CO)Cc3c(O)c4c(c(O)c32)C(=O)c2c(OC)cccc2C4=O)O[C@@H](C)[C@H]1O. The van der Waals surface area contributed by atoms with Crippen LogP contribution in [0.3, 0.4) is 0 Å². The molecule has 1 heterocycles. The highest BCUT2D eigenvalue weighted by molar-refractivity contribution is 6.31. The molecule has 5 N–H and O–H groups in total. The van der Waals surface area contributed by atoms with E-state index in [1.165, 1.54) is 25.3 Å². The molecule has 0 spiro atoms. The monoisotopic (exact) mass is 556 g/mol. The van der Waals surface area contributed by atoms with Crippen LogP contribution in [0.25, 0.3) is 0 Å². The van der Waals surface area contributed by atoms with Crippen molar-refractivity contribution in [3.63, 3.8) is 0 Å². The topological polar surface area (TPSA) is 180 Å². The van der Waals surface area contributed by atoms with Gasteiger partial charge in [-0.25, -0.2) is 0 Å². The molecule has 214 valence electrons. The second kappa shape index (κ2) is 10.2. The van der Waals surface area contributed by atoms with E-state index in [1.807, 2.05) is 6.92 Å². The van der Waals surface area contributed by atoms with Crippen LogP contribution in [-0.2, 0) is 20.7 Å². The number of ketones is 3. The average molecular weight is 557 g/mol. The molecule has 0 bridgehead atoms. The molecule has 1 fully saturated rings. The van der Waals surface area contributed by atoms with Crippen molar-refractivity contribution in [2.75, 3.05) is 13.7 Å². The van der Waals surface area contributed by atoms with Gasteiger partial charge in [0.15, 0.2) is 17.9 Å². The molecule has 2 aromatic rings. The Hall–Kier alpha value is -3.35. The Morgan fingerprint density at radius 2 is 1.82 bits per heavy atom. The number of aliphatic hydroxyl groups is 3. The molecule has 5 rings (SSSR count). The van der Waals surface area contributed by atoms with E-state index >= 15 is 0 Å². The maximum absolute atomic E-state index is 13.7. The van der Waals surface area contributed by atoms with Gasteiger partial charge in [0.25, 0.3) is 0 Å². The molecule has 1 saturated heterocycles. The number of methoxy groups -OCH3 is 1. The van der Waals surface area contributed by atoms with Crippen LogP contribution in [0.2, 0.25) is 0 Å². The number of fused-ring (bicyclic) bond motifs is 3. The molecule has 11 heteroatoms. The molecule has 11 nitrogen and oxygen atoms in total. The number of phenolic OH excluding ortho intramolecular Hbond substituents is 2. The third-order valence-corrected chi connectivity index (χ3v) is 8.40. The lowest BCUT2D eigenvalue weighted by Gasteiger charge is -2.42. The van der Waals surface area contributed by atoms with Gasteiger partial charge in [-0.2, -0.15) is 0 Å². The average Bonchev–Trinajstić information content (AvgIpc) is 2.94. The Morgan fingerprint density at radius 3 is 2.48 bits per heavy atom. The molecular formula is C29H32O11. The maximum atomic E-state index is 13.7. The van der Waals surface area contributed by atoms with Crippen molar-refractivity contribution in [1.29, 1.82) is 0 Å². The summed E-state index contributed by atoms with van der Waals surface area (Å²) in [5.41, 5.74) is -3.44. The van der Waals surface area contributed by atoms with E-state index in [0.717, 1.165) is 0 Å². The van der Waals surface area contributed by atoms with Crippen LogP contribution < -0.4 is 4.74 Å². The Labute approximate surface area is 229 Å². The van der Waals surface area contributed by atoms with Gasteiger partial charge in [-0.05, 0) is 18.9 Å². The summed E-state index contributed by atoms with van der Waals surface area (Å²) in [4.78, 5) is 39.9. The summed E-state index contributed by atoms with van der Waals surface area (Å²) in [6, 6.07) is 4.41. The van der Waals surface area contributed by atoms with Gasteiger partial charge in [-0.3, -0.25) is 14.4 Å². The molecule has 40 heavy (non-hydrogen) atoms. The van der Waals surface area contributed by atoms with Crippen molar-refractivity contribution in [2.45, 2.75) is 69.7 Å². The Morgan fingerprint density at radius 1 is 1.12 bits per heavy atom. The summed E-state index contributed by atoms with van der Waals surface area (Å²) in [5.74, 6) is -3.81. The number of Topliss-reactive ketones (excluding diaryl/α,β-unsaturated/α-hetero) is 1. The third-order valence-electron chi connectivity index (χ3n) is 8.40. The van der Waals surface area contributed by atoms with Crippen molar-refractivity contribution in [2.24, 2.45) is 5.92 Å². The molecule has 0 saturated carbocycles. The Bertz CT molecular complexity index is 1400. The number of ether oxygens (including phenoxy) is 3. The highest BCUT2D eigenvalue weighted by Gasteiger charge is 2.50. The summed E-state index contributed by atoms with van der Waals surface area (Å²) in [5, 5.41) is 54.3. The van der Waals surface area contributed by atoms with Crippen molar-refractivity contribution >= 4 is 17.3 Å². The molecule has 3 aliphatic rings. The minimum absolute atomic E-state index is 0.0365. The first-order valence-corrected chi connectivity index (χ1v) is 13.2. The number of rotatable bonds is 6. The fraction of sp³-hybridized carbons (Fsp3) is 0.483. The first-order valence-electron chi connectivity index (χ1n) is 13.2. The number of carbonyl (C=O) groups excluding carboxylic acids is 3. The summed E-state index contributed by atoms with van der Waals surface area (Å²) >= 11 is 0. The lowest BCUT2D eigenvalue weighted by molar-refractivity contribution is -0.257. The quantitative estimate of drug-likeness (QED) is 0.279. The van der Waals surface area contributed by atoms with E-state index < -0.39 is 89.6 Å². The number of phenols is 2. The largest absolute Gasteiger partial charge is 0.507 e. The fourth-order valence-electron chi connectivity index (χ4n) is 6.22. The van der Waals surface area contributed by atoms with E-state index in [9.17, 15) is 39.9 Å². The molecule has 0 radical (unpaired) electrons. The van der Waals surface area contributed by atoms with Crippen LogP contribution in [-0.4, -0.2) is 80.7 Å². The highest BCUT2D eigenvalue weighted by atomic mass is 16.7. The van der Waals surface area contributed by atoms with Crippen molar-refractivity contribution < 1.29 is 54.1 Å². The lowest BCUT2D eigenvalue weighted by atomic mass is 9.72. The van der Waals surface area contributed by atoms with Gasteiger partial charge in [0.2, 0.25) is 5.78 Å². The van der Waals surface area contributed by atoms with Gasteiger partial charge in [-0.1, -0.05) is 25.5 Å². The van der Waals surface area contributed by atoms with Crippen LogP contribution in [0.15, 0.2) is 18.2 Å². The van der Waals surface area contributed by atoms with Gasteiger partial charge in [0.05, 0.1) is 42.1 Å². The second-order valence-electron chi connectivity index (χ2n) is 10.7. The summed E-state index contributed by atoms with van der Waals surface area (Å²) < 4.78 is 17.3. The zero-order chi connectivity index (χ0) is 29.1. The van der Waals surface area contributed by atoms with Gasteiger partial charge in [-0.15, -0.1) is 0 Å². The fourth-order valence-corrected chi connectivity index (χ4v) is 6.22. The van der Waals surface area contributed by atoms with Crippen LogP contribution in [0.5, 0.6) is 17.2 Å². The first kappa shape index (κ1) is 28.2. The van der Waals surface area contributed by atoms with E-state index in [1.54, 1.807) is 6.92 Å². The predicted molar refractivity (Wildman–Crippen MR) is 138 cm³/mol. The molecule has 2 aliphatic carbocycles. The number of aliphatic hydroxyl groups excluding tert-OH is 2. The Kier molecular flexibility index (Phi) is 7.22. The molecule has 0 amide bonds. The normalized spacial score (nSPS) is 29.4. The number of hydrogen-bond acceptors (Lipinski definition) is 11. The van der Waals surface area contributed by atoms with Crippen molar-refractivity contribution in [3.8, 4) is 17.2 Å². The minimum Gasteiger partial charge on any atom is -0.507 e. The minimum atomic E-state index is -2.21. The smallest absolute Gasteiger partial charge is 0.202 e. The lowest BCUT2D eigenvalue weighted by Crippen LogP contribution is -2.49. The first-order chi connectivity index (χ1) is 19.0. The van der Waals surface area contributed by atoms with Crippen LogP contribution in [0.1, 0.15) is 82.2 Å². The zero-order valence-corrected chi connectivity index (χ0v) is 22.3. The predicted octanol–water partition coefficient (Wildman–Crippen LogP) is 1.70. The van der Waals surface area contributed by atoms with Crippen molar-refractivity contribution in [1.82, 2.24) is 0 Å². The summed E-state index contributed by atoms with van der Waals surface area (Å²) in [6.07, 6.45) is -3.63. The van der Waals surface area contributed by atoms with Crippen LogP contribution in [0, 0.1) is 5.92 Å². The third kappa shape index (κ3) is 4.20. The number of benzene rings is 2. The molecule has 0 aromatic heterocycles. The van der Waals surface area contributed by atoms with E-state index in [4.69, 9.17) is 14.2 Å². The number of carbonyl (C=O) groups is 3. The molecular weight excluding hydrogens is 524 g/mol.